The van der Waals surface area contributed by atoms with E-state index in [-0.39, 0.29) is 34.8 Å². The van der Waals surface area contributed by atoms with Crippen molar-refractivity contribution in [2.45, 2.75) is 129 Å². The van der Waals surface area contributed by atoms with E-state index in [1.54, 1.807) is 43.2 Å². The molecule has 0 saturated heterocycles. The number of nitrogens with one attached hydrogen (secondary N) is 3. The topological polar surface area (TPSA) is 151 Å². The van der Waals surface area contributed by atoms with Crippen LogP contribution in [0.1, 0.15) is 101 Å². The summed E-state index contributed by atoms with van der Waals surface area (Å²) in [7, 11) is 5.30. The molecule has 1 atom stereocenters. The minimum absolute atomic E-state index is 0.0821. The van der Waals surface area contributed by atoms with Crippen LogP contribution in [0.3, 0.4) is 0 Å². The predicted octanol–water partition coefficient (Wildman–Crippen LogP) is 8.09. The van der Waals surface area contributed by atoms with E-state index in [4.69, 9.17) is 23.8 Å². The summed E-state index contributed by atoms with van der Waals surface area (Å²) in [5, 5.41) is 16.5. The number of unbranched alkanes of at least 4 members (excludes halogenated alkanes) is 3. The van der Waals surface area contributed by atoms with Crippen molar-refractivity contribution in [1.82, 2.24) is 20.6 Å². The number of hydrogen-bond acceptors (Lipinski definition) is 13. The molecule has 0 fully saturated rings. The molecule has 0 aliphatic carbocycles. The summed E-state index contributed by atoms with van der Waals surface area (Å²) in [6.07, 6.45) is 0.611. The highest BCUT2D eigenvalue weighted by molar-refractivity contribution is 8.77. The number of hydrogen-bond donors (Lipinski definition) is 3. The van der Waals surface area contributed by atoms with Crippen molar-refractivity contribution < 1.29 is 32.9 Å². The molecule has 0 saturated carbocycles. The summed E-state index contributed by atoms with van der Waals surface area (Å²) in [6, 6.07) is 2.59. The van der Waals surface area contributed by atoms with Crippen LogP contribution in [0.25, 0.3) is 0 Å². The Balaban J connectivity index is 4.78. The van der Waals surface area contributed by atoms with Gasteiger partial charge in [-0.1, -0.05) is 97.6 Å². The average Bonchev–Trinajstić information content (AvgIpc) is 2.96. The van der Waals surface area contributed by atoms with Crippen LogP contribution in [0.4, 0.5) is 9.59 Å². The molecule has 0 aromatic heterocycles. The lowest BCUT2D eigenvalue weighted by Crippen LogP contribution is -2.57. The van der Waals surface area contributed by atoms with Gasteiger partial charge >= 0.3 is 12.2 Å². The second-order valence-electron chi connectivity index (χ2n) is 13.1. The standard InChI is InChI=1S/C31H60N5O7PS4/c1-24(2)36(25(3)4)44(43-19-15-16-32)42-18-14-12-11-13-17-33-27(37)26(34-28(38)40-20-22-45-47-30(5,6)7)35-29(39)41-21-23-46-48-31(8,9)10/h24-26H,11-15,17-23H2,1-10H3,(H,33,37)(H,34,38)(H,35,39). The Kier molecular flexibility index (Phi) is 26.5. The Labute approximate surface area is 306 Å². The average molecular weight is 774 g/mol. The molecule has 280 valence electrons. The molecule has 0 aromatic carbocycles. The maximum Gasteiger partial charge on any atom is 0.409 e. The zero-order valence-corrected chi connectivity index (χ0v) is 34.7. The largest absolute Gasteiger partial charge is 0.449 e. The number of amides is 3. The molecule has 0 bridgehead atoms. The molecule has 0 rings (SSSR count). The highest BCUT2D eigenvalue weighted by Crippen LogP contribution is 2.46. The Hall–Kier alpha value is -0.790. The van der Waals surface area contributed by atoms with Gasteiger partial charge < -0.3 is 23.8 Å². The lowest BCUT2D eigenvalue weighted by molar-refractivity contribution is -0.123. The van der Waals surface area contributed by atoms with E-state index in [1.807, 2.05) is 0 Å². The molecule has 0 spiro atoms. The third kappa shape index (κ3) is 27.0. The highest BCUT2D eigenvalue weighted by atomic mass is 33.1. The van der Waals surface area contributed by atoms with Gasteiger partial charge in [-0.15, -0.1) is 0 Å². The molecule has 0 heterocycles. The third-order valence-corrected chi connectivity index (χ3v) is 14.2. The van der Waals surface area contributed by atoms with Crippen molar-refractivity contribution in [3.05, 3.63) is 0 Å². The van der Waals surface area contributed by atoms with E-state index in [1.165, 1.54) is 0 Å². The summed E-state index contributed by atoms with van der Waals surface area (Å²) < 4.78 is 24.9. The first kappa shape index (κ1) is 47.2. The van der Waals surface area contributed by atoms with Crippen LogP contribution < -0.4 is 16.0 Å². The number of nitriles is 1. The minimum Gasteiger partial charge on any atom is -0.449 e. The van der Waals surface area contributed by atoms with Gasteiger partial charge in [-0.3, -0.25) is 15.4 Å². The van der Waals surface area contributed by atoms with Gasteiger partial charge in [-0.05, 0) is 40.5 Å². The Morgan fingerprint density at radius 3 is 1.69 bits per heavy atom. The number of carbonyl (C=O) groups excluding carboxylic acids is 3. The van der Waals surface area contributed by atoms with Crippen LogP contribution in [0.15, 0.2) is 0 Å². The Bertz CT molecular complexity index is 904. The van der Waals surface area contributed by atoms with Crippen molar-refractivity contribution >= 4 is 69.8 Å². The van der Waals surface area contributed by atoms with E-state index < -0.39 is 32.8 Å². The number of nitrogens with zero attached hydrogens (tertiary/aromatic N) is 2. The van der Waals surface area contributed by atoms with E-state index in [0.29, 0.717) is 44.1 Å². The fraction of sp³-hybridized carbons (Fsp3) is 0.871. The minimum atomic E-state index is -1.35. The van der Waals surface area contributed by atoms with Gasteiger partial charge in [0.1, 0.15) is 13.2 Å². The summed E-state index contributed by atoms with van der Waals surface area (Å²) in [6.45, 7) is 22.6. The zero-order valence-electron chi connectivity index (χ0n) is 30.5. The van der Waals surface area contributed by atoms with E-state index in [0.717, 1.165) is 19.3 Å². The zero-order chi connectivity index (χ0) is 36.6. The summed E-state index contributed by atoms with van der Waals surface area (Å²) in [5.74, 6) is 0.603. The summed E-state index contributed by atoms with van der Waals surface area (Å²) >= 11 is 0. The van der Waals surface area contributed by atoms with E-state index in [9.17, 15) is 14.4 Å². The van der Waals surface area contributed by atoms with Crippen molar-refractivity contribution in [2.24, 2.45) is 0 Å². The van der Waals surface area contributed by atoms with Gasteiger partial charge in [0, 0.05) is 39.6 Å². The van der Waals surface area contributed by atoms with Gasteiger partial charge in [0.15, 0.2) is 6.17 Å². The maximum atomic E-state index is 13.0. The van der Waals surface area contributed by atoms with Crippen LogP contribution in [-0.2, 0) is 23.3 Å². The van der Waals surface area contributed by atoms with Crippen molar-refractivity contribution in [2.75, 3.05) is 44.5 Å². The van der Waals surface area contributed by atoms with Gasteiger partial charge in [0.05, 0.1) is 25.7 Å². The second-order valence-corrected chi connectivity index (χ2v) is 21.1. The first-order valence-corrected chi connectivity index (χ1v) is 22.2. The molecule has 3 amide bonds. The van der Waals surface area contributed by atoms with Crippen LogP contribution >= 0.6 is 51.7 Å². The molecular formula is C31H60N5O7PS4. The highest BCUT2D eigenvalue weighted by Gasteiger charge is 2.27. The molecule has 12 nitrogen and oxygen atoms in total. The van der Waals surface area contributed by atoms with Gasteiger partial charge in [-0.25, -0.2) is 14.3 Å². The molecule has 0 aliphatic rings. The SMILES string of the molecule is CC(C)N(C(C)C)P(OCCC#N)OCCCCCCNC(=O)C(NC(=O)OCCSSC(C)(C)C)NC(=O)OCCSSC(C)(C)C. The monoisotopic (exact) mass is 773 g/mol. The Morgan fingerprint density at radius 2 is 1.23 bits per heavy atom. The van der Waals surface area contributed by atoms with Gasteiger partial charge in [0.2, 0.25) is 0 Å². The molecule has 48 heavy (non-hydrogen) atoms. The molecule has 0 aliphatic heterocycles. The lowest BCUT2D eigenvalue weighted by Gasteiger charge is -2.35. The van der Waals surface area contributed by atoms with Crippen molar-refractivity contribution in [1.29, 1.82) is 5.26 Å². The Morgan fingerprint density at radius 1 is 0.750 bits per heavy atom. The summed E-state index contributed by atoms with van der Waals surface area (Å²) in [5.41, 5.74) is 0. The summed E-state index contributed by atoms with van der Waals surface area (Å²) in [4.78, 5) is 37.8. The molecular weight excluding hydrogens is 714 g/mol. The van der Waals surface area contributed by atoms with Crippen LogP contribution in [-0.4, -0.2) is 95.0 Å². The first-order valence-electron chi connectivity index (χ1n) is 16.4. The number of rotatable bonds is 25. The van der Waals surface area contributed by atoms with Gasteiger partial charge in [-0.2, -0.15) is 5.26 Å². The number of carbonyl (C=O) groups is 3. The van der Waals surface area contributed by atoms with Crippen LogP contribution in [0.2, 0.25) is 0 Å². The molecule has 3 N–H and O–H groups in total. The third-order valence-electron chi connectivity index (χ3n) is 5.44. The molecule has 1 unspecified atom stereocenters. The van der Waals surface area contributed by atoms with Crippen molar-refractivity contribution in [3.8, 4) is 6.07 Å². The smallest absolute Gasteiger partial charge is 0.409 e. The fourth-order valence-electron chi connectivity index (χ4n) is 3.61. The maximum absolute atomic E-state index is 13.0. The van der Waals surface area contributed by atoms with E-state index in [2.05, 4.69) is 95.9 Å². The second kappa shape index (κ2) is 26.9. The first-order chi connectivity index (χ1) is 22.5. The molecule has 0 aromatic rings. The lowest BCUT2D eigenvalue weighted by atomic mass is 10.2. The van der Waals surface area contributed by atoms with Gasteiger partial charge in [0.25, 0.3) is 14.4 Å². The normalized spacial score (nSPS) is 12.7. The van der Waals surface area contributed by atoms with Crippen LogP contribution in [0.5, 0.6) is 0 Å². The van der Waals surface area contributed by atoms with Crippen LogP contribution in [0, 0.1) is 11.3 Å². The fourth-order valence-corrected chi connectivity index (χ4v) is 9.44. The number of alkyl carbamates (subject to hydrolysis) is 2. The molecule has 17 heteroatoms. The number of ether oxygens (including phenoxy) is 2. The molecule has 0 radical (unpaired) electrons. The predicted molar refractivity (Wildman–Crippen MR) is 205 cm³/mol. The van der Waals surface area contributed by atoms with E-state index >= 15 is 0 Å². The van der Waals surface area contributed by atoms with Crippen molar-refractivity contribution in [3.63, 3.8) is 0 Å². The quantitative estimate of drug-likeness (QED) is 0.0355.